The topological polar surface area (TPSA) is 41.1 Å². The summed E-state index contributed by atoms with van der Waals surface area (Å²) in [6.07, 6.45) is 0. The van der Waals surface area contributed by atoms with E-state index in [0.717, 1.165) is 0 Å². The molecule has 0 spiro atoms. The van der Waals surface area contributed by atoms with Gasteiger partial charge >= 0.3 is 0 Å². The lowest BCUT2D eigenvalue weighted by molar-refractivity contribution is 0.0976. The highest BCUT2D eigenvalue weighted by Crippen LogP contribution is 2.02. The first-order valence-electron chi connectivity index (χ1n) is 4.48. The van der Waals surface area contributed by atoms with Crippen molar-refractivity contribution in [2.24, 2.45) is 0 Å². The Kier molecular flexibility index (Phi) is 4.17. The van der Waals surface area contributed by atoms with E-state index in [-0.39, 0.29) is 16.8 Å². The highest BCUT2D eigenvalue weighted by Gasteiger charge is 2.06. The number of benzene rings is 1. The van der Waals surface area contributed by atoms with Crippen molar-refractivity contribution >= 4 is 23.2 Å². The molecule has 5 heteroatoms. The molecule has 0 heterocycles. The summed E-state index contributed by atoms with van der Waals surface area (Å²) < 4.78 is 12.6. The third-order valence-corrected chi connectivity index (χ3v) is 1.92. The van der Waals surface area contributed by atoms with Crippen LogP contribution < -0.4 is 10.6 Å². The Morgan fingerprint density at radius 2 is 2.00 bits per heavy atom. The second-order valence-electron chi connectivity index (χ2n) is 2.82. The van der Waals surface area contributed by atoms with Gasteiger partial charge in [-0.05, 0) is 43.4 Å². The Labute approximate surface area is 92.7 Å². The molecule has 0 aliphatic heterocycles. The summed E-state index contributed by atoms with van der Waals surface area (Å²) in [7, 11) is 0. The molecule has 0 saturated heterocycles. The number of carbonyl (C=O) groups excluding carboxylic acids is 1. The Morgan fingerprint density at radius 3 is 2.53 bits per heavy atom. The number of halogens is 1. The van der Waals surface area contributed by atoms with Gasteiger partial charge in [-0.15, -0.1) is 0 Å². The van der Waals surface area contributed by atoms with E-state index in [1.54, 1.807) is 0 Å². The van der Waals surface area contributed by atoms with Gasteiger partial charge in [0.25, 0.3) is 5.91 Å². The molecule has 1 aromatic rings. The molecule has 0 aliphatic rings. The molecule has 0 bridgehead atoms. The van der Waals surface area contributed by atoms with E-state index < -0.39 is 0 Å². The Morgan fingerprint density at radius 1 is 1.40 bits per heavy atom. The van der Waals surface area contributed by atoms with Crippen molar-refractivity contribution in [3.8, 4) is 0 Å². The molecule has 0 unspecified atom stereocenters. The number of carbonyl (C=O) groups is 1. The van der Waals surface area contributed by atoms with Gasteiger partial charge in [0.1, 0.15) is 5.82 Å². The zero-order valence-corrected chi connectivity index (χ0v) is 9.03. The van der Waals surface area contributed by atoms with Gasteiger partial charge < -0.3 is 5.32 Å². The molecule has 1 aromatic carbocycles. The van der Waals surface area contributed by atoms with Gasteiger partial charge in [-0.3, -0.25) is 10.1 Å². The van der Waals surface area contributed by atoms with E-state index >= 15 is 0 Å². The van der Waals surface area contributed by atoms with Crippen molar-refractivity contribution in [1.82, 2.24) is 10.6 Å². The molecule has 0 fully saturated rings. The summed E-state index contributed by atoms with van der Waals surface area (Å²) in [5.74, 6) is -0.721. The Balaban J connectivity index is 2.61. The first-order valence-corrected chi connectivity index (χ1v) is 4.89. The lowest BCUT2D eigenvalue weighted by Gasteiger charge is -2.06. The third-order valence-electron chi connectivity index (χ3n) is 1.67. The molecule has 1 amide bonds. The van der Waals surface area contributed by atoms with Crippen LogP contribution >= 0.6 is 12.2 Å². The molecule has 2 N–H and O–H groups in total. The minimum atomic E-state index is -0.374. The molecule has 15 heavy (non-hydrogen) atoms. The van der Waals surface area contributed by atoms with Crippen molar-refractivity contribution < 1.29 is 9.18 Å². The predicted molar refractivity (Wildman–Crippen MR) is 60.1 cm³/mol. The number of amides is 1. The van der Waals surface area contributed by atoms with Crippen molar-refractivity contribution in [3.05, 3.63) is 35.6 Å². The van der Waals surface area contributed by atoms with Gasteiger partial charge in [-0.25, -0.2) is 4.39 Å². The van der Waals surface area contributed by atoms with Crippen LogP contribution in [0.4, 0.5) is 4.39 Å². The summed E-state index contributed by atoms with van der Waals surface area (Å²) in [4.78, 5) is 11.5. The normalized spacial score (nSPS) is 9.47. The minimum absolute atomic E-state index is 0.270. The van der Waals surface area contributed by atoms with Gasteiger partial charge in [-0.2, -0.15) is 0 Å². The molecule has 0 atom stereocenters. The van der Waals surface area contributed by atoms with E-state index in [1.165, 1.54) is 24.3 Å². The number of nitrogens with one attached hydrogen (secondary N) is 2. The maximum absolute atomic E-state index is 12.6. The number of hydrogen-bond acceptors (Lipinski definition) is 2. The van der Waals surface area contributed by atoms with Crippen LogP contribution in [0.1, 0.15) is 17.3 Å². The smallest absolute Gasteiger partial charge is 0.257 e. The van der Waals surface area contributed by atoms with E-state index in [1.807, 2.05) is 6.92 Å². The zero-order chi connectivity index (χ0) is 11.3. The van der Waals surface area contributed by atoms with Crippen LogP contribution in [0.25, 0.3) is 0 Å². The fourth-order valence-corrected chi connectivity index (χ4v) is 1.22. The molecule has 0 aliphatic carbocycles. The Hall–Kier alpha value is -1.49. The summed E-state index contributed by atoms with van der Waals surface area (Å²) in [6, 6.07) is 5.26. The average Bonchev–Trinajstić information content (AvgIpc) is 2.18. The lowest BCUT2D eigenvalue weighted by Crippen LogP contribution is -2.38. The molecule has 80 valence electrons. The van der Waals surface area contributed by atoms with Crippen LogP contribution in [-0.4, -0.2) is 17.6 Å². The van der Waals surface area contributed by atoms with Gasteiger partial charge in [0.15, 0.2) is 5.11 Å². The summed E-state index contributed by atoms with van der Waals surface area (Å²) >= 11 is 4.84. The zero-order valence-electron chi connectivity index (χ0n) is 8.21. The van der Waals surface area contributed by atoms with Crippen molar-refractivity contribution in [3.63, 3.8) is 0 Å². The van der Waals surface area contributed by atoms with Crippen LogP contribution in [0.5, 0.6) is 0 Å². The van der Waals surface area contributed by atoms with E-state index in [0.29, 0.717) is 12.1 Å². The maximum Gasteiger partial charge on any atom is 0.257 e. The summed E-state index contributed by atoms with van der Waals surface area (Å²) in [6.45, 7) is 2.51. The maximum atomic E-state index is 12.6. The quantitative estimate of drug-likeness (QED) is 0.750. The van der Waals surface area contributed by atoms with Crippen molar-refractivity contribution in [1.29, 1.82) is 0 Å². The van der Waals surface area contributed by atoms with E-state index in [4.69, 9.17) is 12.2 Å². The Bertz CT molecular complexity index is 364. The van der Waals surface area contributed by atoms with Crippen molar-refractivity contribution in [2.45, 2.75) is 6.92 Å². The summed E-state index contributed by atoms with van der Waals surface area (Å²) in [5.41, 5.74) is 0.372. The summed E-state index contributed by atoms with van der Waals surface area (Å²) in [5, 5.41) is 5.53. The second-order valence-corrected chi connectivity index (χ2v) is 3.23. The average molecular weight is 226 g/mol. The van der Waals surface area contributed by atoms with E-state index in [2.05, 4.69) is 10.6 Å². The van der Waals surface area contributed by atoms with Gasteiger partial charge in [0.05, 0.1) is 0 Å². The minimum Gasteiger partial charge on any atom is -0.363 e. The number of thiocarbonyl (C=S) groups is 1. The molecular weight excluding hydrogens is 215 g/mol. The van der Waals surface area contributed by atoms with Crippen LogP contribution in [0.2, 0.25) is 0 Å². The number of rotatable bonds is 2. The first-order chi connectivity index (χ1) is 7.13. The van der Waals surface area contributed by atoms with Crippen LogP contribution in [-0.2, 0) is 0 Å². The monoisotopic (exact) mass is 226 g/mol. The van der Waals surface area contributed by atoms with Gasteiger partial charge in [0, 0.05) is 12.1 Å². The lowest BCUT2D eigenvalue weighted by atomic mass is 10.2. The molecule has 0 aromatic heterocycles. The highest BCUT2D eigenvalue weighted by molar-refractivity contribution is 7.80. The largest absolute Gasteiger partial charge is 0.363 e. The fourth-order valence-electron chi connectivity index (χ4n) is 0.981. The highest BCUT2D eigenvalue weighted by atomic mass is 32.1. The van der Waals surface area contributed by atoms with Gasteiger partial charge in [0.2, 0.25) is 0 Å². The van der Waals surface area contributed by atoms with Crippen molar-refractivity contribution in [2.75, 3.05) is 6.54 Å². The third kappa shape index (κ3) is 3.63. The first kappa shape index (κ1) is 11.6. The number of hydrogen-bond donors (Lipinski definition) is 2. The standard InChI is InChI=1S/C10H11FN2OS/c1-2-12-10(15)13-9(14)7-3-5-8(11)6-4-7/h3-6H,2H2,1H3,(H2,12,13,14,15). The molecule has 0 radical (unpaired) electrons. The molecule has 1 rings (SSSR count). The van der Waals surface area contributed by atoms with Crippen LogP contribution in [0, 0.1) is 5.82 Å². The fraction of sp³-hybridized carbons (Fsp3) is 0.200. The second kappa shape index (κ2) is 5.41. The molecule has 0 saturated carbocycles. The molecular formula is C10H11FN2OS. The van der Waals surface area contributed by atoms with Crippen LogP contribution in [0.3, 0.4) is 0 Å². The predicted octanol–water partition coefficient (Wildman–Crippen LogP) is 1.45. The van der Waals surface area contributed by atoms with E-state index in [9.17, 15) is 9.18 Å². The molecule has 3 nitrogen and oxygen atoms in total. The van der Waals surface area contributed by atoms with Gasteiger partial charge in [-0.1, -0.05) is 0 Å². The SMILES string of the molecule is CCNC(=S)NC(=O)c1ccc(F)cc1. The van der Waals surface area contributed by atoms with Crippen LogP contribution in [0.15, 0.2) is 24.3 Å².